The third kappa shape index (κ3) is 4.68. The average molecular weight is 436 g/mol. The maximum Gasteiger partial charge on any atom is 0.290 e. The standard InChI is InChI=1S/C18H23N5O3S.CH2O2/c1-9-16(27-8-19-9)17(25)22-13-5-11(6-15(13)24)18(26)23-4-3-12-14(7-23)21-10(2)20-12;2-1-3/h8,11,13,15,24H,3-7H2,1-2H3,(H,20,21)(H,22,25);1H,(H,2,3)/t11-,13+,15+;/m0./s1. The summed E-state index contributed by atoms with van der Waals surface area (Å²) in [6.45, 7) is 4.61. The Kier molecular flexibility index (Phi) is 6.83. The van der Waals surface area contributed by atoms with Crippen molar-refractivity contribution in [1.82, 2.24) is 25.2 Å². The zero-order chi connectivity index (χ0) is 21.8. The zero-order valence-electron chi connectivity index (χ0n) is 16.8. The highest BCUT2D eigenvalue weighted by Gasteiger charge is 2.40. The molecule has 4 N–H and O–H groups in total. The van der Waals surface area contributed by atoms with E-state index in [0.29, 0.717) is 36.5 Å². The lowest BCUT2D eigenvalue weighted by molar-refractivity contribution is -0.136. The van der Waals surface area contributed by atoms with Crippen molar-refractivity contribution in [2.75, 3.05) is 6.54 Å². The van der Waals surface area contributed by atoms with Crippen molar-refractivity contribution in [3.8, 4) is 0 Å². The summed E-state index contributed by atoms with van der Waals surface area (Å²) in [5.41, 5.74) is 4.34. The molecule has 1 saturated carbocycles. The highest BCUT2D eigenvalue weighted by Crippen LogP contribution is 2.30. The number of nitrogens with zero attached hydrogens (tertiary/aromatic N) is 3. The molecule has 1 fully saturated rings. The van der Waals surface area contributed by atoms with Crippen LogP contribution in [0.2, 0.25) is 0 Å². The van der Waals surface area contributed by atoms with Crippen LogP contribution in [0.25, 0.3) is 0 Å². The minimum absolute atomic E-state index is 0.0395. The van der Waals surface area contributed by atoms with Gasteiger partial charge in [-0.1, -0.05) is 0 Å². The predicted molar refractivity (Wildman–Crippen MR) is 108 cm³/mol. The van der Waals surface area contributed by atoms with Crippen molar-refractivity contribution in [3.63, 3.8) is 0 Å². The number of hydrogen-bond donors (Lipinski definition) is 4. The Labute approximate surface area is 177 Å². The summed E-state index contributed by atoms with van der Waals surface area (Å²) in [4.78, 5) is 47.8. The van der Waals surface area contributed by atoms with Gasteiger partial charge in [0.15, 0.2) is 0 Å². The molecular weight excluding hydrogens is 410 g/mol. The largest absolute Gasteiger partial charge is 0.483 e. The van der Waals surface area contributed by atoms with Crippen LogP contribution in [0, 0.1) is 19.8 Å². The predicted octanol–water partition coefficient (Wildman–Crippen LogP) is 0.638. The van der Waals surface area contributed by atoms with Crippen LogP contribution < -0.4 is 5.32 Å². The molecule has 11 heteroatoms. The van der Waals surface area contributed by atoms with E-state index in [4.69, 9.17) is 9.90 Å². The van der Waals surface area contributed by atoms with Crippen molar-refractivity contribution in [2.45, 2.75) is 51.8 Å². The summed E-state index contributed by atoms with van der Waals surface area (Å²) in [7, 11) is 0. The maximum atomic E-state index is 12.9. The first-order chi connectivity index (χ1) is 14.3. The summed E-state index contributed by atoms with van der Waals surface area (Å²) in [6, 6.07) is -0.414. The van der Waals surface area contributed by atoms with Gasteiger partial charge in [-0.3, -0.25) is 14.4 Å². The van der Waals surface area contributed by atoms with E-state index >= 15 is 0 Å². The Morgan fingerprint density at radius 2 is 2.10 bits per heavy atom. The summed E-state index contributed by atoms with van der Waals surface area (Å²) in [6.07, 6.45) is 0.850. The van der Waals surface area contributed by atoms with E-state index in [0.717, 1.165) is 23.6 Å². The Morgan fingerprint density at radius 1 is 1.37 bits per heavy atom. The Morgan fingerprint density at radius 3 is 2.77 bits per heavy atom. The Hall–Kier alpha value is -2.79. The second-order valence-electron chi connectivity index (χ2n) is 7.45. The van der Waals surface area contributed by atoms with Crippen LogP contribution in [-0.2, 0) is 22.6 Å². The monoisotopic (exact) mass is 435 g/mol. The molecule has 4 rings (SSSR count). The first kappa shape index (κ1) is 21.9. The Balaban J connectivity index is 0.000000806. The van der Waals surface area contributed by atoms with Crippen molar-refractivity contribution >= 4 is 29.6 Å². The highest BCUT2D eigenvalue weighted by molar-refractivity contribution is 7.11. The molecule has 0 bridgehead atoms. The van der Waals surface area contributed by atoms with E-state index < -0.39 is 12.1 Å². The number of aliphatic hydroxyl groups excluding tert-OH is 1. The number of amides is 2. The van der Waals surface area contributed by atoms with Gasteiger partial charge >= 0.3 is 0 Å². The van der Waals surface area contributed by atoms with Crippen molar-refractivity contribution in [1.29, 1.82) is 0 Å². The average Bonchev–Trinajstić information content (AvgIpc) is 3.39. The molecule has 0 saturated heterocycles. The van der Waals surface area contributed by atoms with Crippen LogP contribution in [0.5, 0.6) is 0 Å². The SMILES string of the molecule is Cc1nc2c([nH]1)CN(C(=O)[C@@H]1C[C@@H](O)[C@H](NC(=O)c3scnc3C)C1)CC2.O=CO. The summed E-state index contributed by atoms with van der Waals surface area (Å²) in [5, 5.41) is 20.1. The molecular formula is C19H25N5O5S. The number of aryl methyl sites for hydroxylation is 2. The number of thiazole rings is 1. The van der Waals surface area contributed by atoms with E-state index in [9.17, 15) is 14.7 Å². The maximum absolute atomic E-state index is 12.9. The van der Waals surface area contributed by atoms with Gasteiger partial charge in [0.2, 0.25) is 5.91 Å². The molecule has 3 heterocycles. The van der Waals surface area contributed by atoms with Crippen molar-refractivity contribution in [2.24, 2.45) is 5.92 Å². The van der Waals surface area contributed by atoms with Gasteiger partial charge in [0, 0.05) is 18.9 Å². The number of H-pyrrole nitrogens is 1. The van der Waals surface area contributed by atoms with Crippen molar-refractivity contribution < 1.29 is 24.6 Å². The molecule has 1 aliphatic heterocycles. The fourth-order valence-corrected chi connectivity index (χ4v) is 4.71. The van der Waals surface area contributed by atoms with Crippen LogP contribution in [0.1, 0.15) is 45.4 Å². The molecule has 30 heavy (non-hydrogen) atoms. The smallest absolute Gasteiger partial charge is 0.290 e. The van der Waals surface area contributed by atoms with Gasteiger partial charge in [0.05, 0.1) is 41.3 Å². The van der Waals surface area contributed by atoms with E-state index in [2.05, 4.69) is 20.3 Å². The second-order valence-corrected chi connectivity index (χ2v) is 8.30. The molecule has 3 atom stereocenters. The molecule has 2 aliphatic rings. The van der Waals surface area contributed by atoms with E-state index in [-0.39, 0.29) is 24.2 Å². The third-order valence-corrected chi connectivity index (χ3v) is 6.34. The van der Waals surface area contributed by atoms with Gasteiger partial charge in [-0.05, 0) is 26.7 Å². The van der Waals surface area contributed by atoms with Crippen LogP contribution in [0.4, 0.5) is 0 Å². The molecule has 1 aliphatic carbocycles. The number of nitrogens with one attached hydrogen (secondary N) is 2. The summed E-state index contributed by atoms with van der Waals surface area (Å²) >= 11 is 1.28. The molecule has 162 valence electrons. The van der Waals surface area contributed by atoms with Gasteiger partial charge in [-0.2, -0.15) is 0 Å². The fraction of sp³-hybridized carbons (Fsp3) is 0.526. The van der Waals surface area contributed by atoms with Crippen LogP contribution in [0.15, 0.2) is 5.51 Å². The van der Waals surface area contributed by atoms with E-state index in [1.165, 1.54) is 11.3 Å². The number of hydrogen-bond acceptors (Lipinski definition) is 7. The second kappa shape index (κ2) is 9.35. The van der Waals surface area contributed by atoms with Gasteiger partial charge in [-0.15, -0.1) is 11.3 Å². The third-order valence-electron chi connectivity index (χ3n) is 5.41. The number of fused-ring (bicyclic) bond motifs is 1. The topological polar surface area (TPSA) is 149 Å². The fourth-order valence-electron chi connectivity index (χ4n) is 4.01. The lowest BCUT2D eigenvalue weighted by Gasteiger charge is -2.28. The van der Waals surface area contributed by atoms with Crippen LogP contribution in [0.3, 0.4) is 0 Å². The van der Waals surface area contributed by atoms with Gasteiger partial charge < -0.3 is 25.4 Å². The Bertz CT molecular complexity index is 926. The minimum atomic E-state index is -0.717. The van der Waals surface area contributed by atoms with E-state index in [1.54, 1.807) is 12.4 Å². The molecule has 2 aromatic heterocycles. The van der Waals surface area contributed by atoms with Crippen molar-refractivity contribution in [3.05, 3.63) is 33.3 Å². The first-order valence-electron chi connectivity index (χ1n) is 9.64. The minimum Gasteiger partial charge on any atom is -0.483 e. The number of carboxylic acid groups (broad SMARTS) is 1. The zero-order valence-corrected chi connectivity index (χ0v) is 17.6. The number of carbonyl (C=O) groups excluding carboxylic acids is 2. The first-order valence-corrected chi connectivity index (χ1v) is 10.5. The number of carbonyl (C=O) groups is 3. The number of rotatable bonds is 3. The summed E-state index contributed by atoms with van der Waals surface area (Å²) < 4.78 is 0. The normalized spacial score (nSPS) is 22.6. The summed E-state index contributed by atoms with van der Waals surface area (Å²) in [5.74, 6) is 0.394. The molecule has 0 radical (unpaired) electrons. The molecule has 2 amide bonds. The number of aromatic nitrogens is 3. The lowest BCUT2D eigenvalue weighted by Crippen LogP contribution is -2.41. The van der Waals surface area contributed by atoms with Crippen LogP contribution in [-0.4, -0.2) is 67.0 Å². The number of imidazole rings is 1. The molecule has 0 unspecified atom stereocenters. The number of aromatic amines is 1. The molecule has 2 aromatic rings. The van der Waals surface area contributed by atoms with Crippen LogP contribution >= 0.6 is 11.3 Å². The van der Waals surface area contributed by atoms with E-state index in [1.807, 2.05) is 11.8 Å². The van der Waals surface area contributed by atoms with Gasteiger partial charge in [-0.25, -0.2) is 9.97 Å². The lowest BCUT2D eigenvalue weighted by atomic mass is 10.0. The van der Waals surface area contributed by atoms with Gasteiger partial charge in [0.1, 0.15) is 10.7 Å². The van der Waals surface area contributed by atoms with Gasteiger partial charge in [0.25, 0.3) is 12.4 Å². The quantitative estimate of drug-likeness (QED) is 0.517. The molecule has 0 spiro atoms. The highest BCUT2D eigenvalue weighted by atomic mass is 32.1. The molecule has 0 aromatic carbocycles. The molecule has 10 nitrogen and oxygen atoms in total. The number of aliphatic hydroxyl groups is 1.